The number of urea groups is 1. The molecule has 4 atom stereocenters. The van der Waals surface area contributed by atoms with Gasteiger partial charge in [0.2, 0.25) is 0 Å². The van der Waals surface area contributed by atoms with Crippen molar-refractivity contribution in [1.29, 1.82) is 0 Å². The van der Waals surface area contributed by atoms with Crippen molar-refractivity contribution in [3.63, 3.8) is 0 Å². The highest BCUT2D eigenvalue weighted by Crippen LogP contribution is 2.51. The normalized spacial score (nSPS) is 30.1. The number of aliphatic imine (C=N–C) groups is 1. The molecule has 0 saturated heterocycles. The number of hydrogen-bond acceptors (Lipinski definition) is 5. The van der Waals surface area contributed by atoms with E-state index in [1.165, 1.54) is 46.6 Å². The Labute approximate surface area is 177 Å². The molecule has 2 bridgehead atoms. The van der Waals surface area contributed by atoms with E-state index < -0.39 is 22.0 Å². The van der Waals surface area contributed by atoms with Gasteiger partial charge in [0.15, 0.2) is 17.2 Å². The Kier molecular flexibility index (Phi) is 4.92. The summed E-state index contributed by atoms with van der Waals surface area (Å²) in [6.45, 7) is 2.99. The summed E-state index contributed by atoms with van der Waals surface area (Å²) in [5.74, 6) is 1.67. The average molecular weight is 415 g/mol. The standard InChI is InChI=1S/C23H30N2O5/c1-23(2,21(26)27)25(3)18-12-20(30-5)19(29-4)11-16(18)17(24-22(25)28)10-15-9-13-6-7-14(15)8-13/h11-15H,6-10H2,1-5H3. The van der Waals surface area contributed by atoms with Gasteiger partial charge in [0.05, 0.1) is 32.5 Å². The van der Waals surface area contributed by atoms with Gasteiger partial charge >= 0.3 is 6.03 Å². The minimum absolute atomic E-state index is 0.448. The molecule has 2 aliphatic carbocycles. The van der Waals surface area contributed by atoms with Crippen molar-refractivity contribution in [3.05, 3.63) is 17.7 Å². The second-order valence-electron chi connectivity index (χ2n) is 9.56. The summed E-state index contributed by atoms with van der Waals surface area (Å²) in [5.41, 5.74) is 0.512. The van der Waals surface area contributed by atoms with Crippen LogP contribution in [0.4, 0.5) is 10.5 Å². The van der Waals surface area contributed by atoms with Crippen molar-refractivity contribution in [2.75, 3.05) is 21.3 Å². The number of carbonyl (C=O) groups excluding carboxylic acids is 2. The molecule has 1 aromatic carbocycles. The van der Waals surface area contributed by atoms with E-state index in [0.29, 0.717) is 29.0 Å². The fourth-order valence-corrected chi connectivity index (χ4v) is 5.60. The Morgan fingerprint density at radius 3 is 2.40 bits per heavy atom. The fourth-order valence-electron chi connectivity index (χ4n) is 5.60. The zero-order valence-electron chi connectivity index (χ0n) is 18.4. The third-order valence-electron chi connectivity index (χ3n) is 7.87. The molecule has 0 aromatic heterocycles. The van der Waals surface area contributed by atoms with Crippen molar-refractivity contribution in [2.45, 2.75) is 51.5 Å². The lowest BCUT2D eigenvalue weighted by atomic mass is 9.82. The van der Waals surface area contributed by atoms with Crippen LogP contribution in [0.2, 0.25) is 0 Å². The van der Waals surface area contributed by atoms with Crippen LogP contribution in [-0.2, 0) is 4.79 Å². The van der Waals surface area contributed by atoms with Crippen LogP contribution in [0.15, 0.2) is 17.1 Å². The number of hydrogen-bond donors (Lipinski definition) is 0. The number of aliphatic carboxylic acids is 1. The molecule has 30 heavy (non-hydrogen) atoms. The number of rotatable bonds is 6. The molecule has 1 heterocycles. The zero-order valence-corrected chi connectivity index (χ0v) is 18.4. The van der Waals surface area contributed by atoms with Crippen LogP contribution in [0, 0.1) is 17.8 Å². The molecule has 4 unspecified atom stereocenters. The number of ether oxygens (including phenoxy) is 2. The molecule has 4 rings (SSSR count). The molecule has 0 spiro atoms. The summed E-state index contributed by atoms with van der Waals surface area (Å²) in [6.07, 6.45) is 5.73. The predicted molar refractivity (Wildman–Crippen MR) is 112 cm³/mol. The van der Waals surface area contributed by atoms with Crippen molar-refractivity contribution in [2.24, 2.45) is 22.7 Å². The molecule has 0 radical (unpaired) electrons. The lowest BCUT2D eigenvalue weighted by molar-refractivity contribution is -0.315. The Bertz CT molecular complexity index is 938. The highest BCUT2D eigenvalue weighted by atomic mass is 16.5. The summed E-state index contributed by atoms with van der Waals surface area (Å²) in [5, 5.41) is 12.0. The van der Waals surface area contributed by atoms with E-state index in [-0.39, 0.29) is 0 Å². The molecule has 0 N–H and O–H groups in total. The first-order chi connectivity index (χ1) is 14.1. The second-order valence-corrected chi connectivity index (χ2v) is 9.56. The number of fused-ring (bicyclic) bond motifs is 3. The van der Waals surface area contributed by atoms with E-state index in [1.54, 1.807) is 20.2 Å². The molecular weight excluding hydrogens is 384 g/mol. The smallest absolute Gasteiger partial charge is 0.448 e. The number of carboxylic acids is 1. The maximum absolute atomic E-state index is 13.3. The molecule has 162 valence electrons. The minimum Gasteiger partial charge on any atom is -0.544 e. The average Bonchev–Trinajstić information content (AvgIpc) is 3.33. The quantitative estimate of drug-likeness (QED) is 0.668. The topological polar surface area (TPSA) is 88.0 Å². The highest BCUT2D eigenvalue weighted by molar-refractivity contribution is 6.17. The number of nitrogens with zero attached hydrogens (tertiary/aromatic N) is 2. The Balaban J connectivity index is 1.85. The number of benzene rings is 1. The van der Waals surface area contributed by atoms with Crippen molar-refractivity contribution in [1.82, 2.24) is 4.48 Å². The Morgan fingerprint density at radius 1 is 1.20 bits per heavy atom. The first-order valence-electron chi connectivity index (χ1n) is 10.6. The van der Waals surface area contributed by atoms with Gasteiger partial charge in [-0.15, -0.1) is 0 Å². The van der Waals surface area contributed by atoms with Crippen LogP contribution in [0.25, 0.3) is 0 Å². The molecule has 1 aliphatic heterocycles. The van der Waals surface area contributed by atoms with Gasteiger partial charge in [0.1, 0.15) is 11.5 Å². The minimum atomic E-state index is -1.52. The maximum atomic E-state index is 13.3. The monoisotopic (exact) mass is 414 g/mol. The predicted octanol–water partition coefficient (Wildman–Crippen LogP) is 2.92. The first-order valence-corrected chi connectivity index (χ1v) is 10.6. The van der Waals surface area contributed by atoms with Gasteiger partial charge in [-0.1, -0.05) is 6.42 Å². The number of amides is 2. The third-order valence-corrected chi connectivity index (χ3v) is 7.87. The second kappa shape index (κ2) is 7.08. The maximum Gasteiger partial charge on any atom is 0.448 e. The Morgan fingerprint density at radius 2 is 1.87 bits per heavy atom. The Hall–Kier alpha value is -2.41. The summed E-state index contributed by atoms with van der Waals surface area (Å²) in [6, 6.07) is 3.04. The van der Waals surface area contributed by atoms with E-state index in [0.717, 1.165) is 23.6 Å². The van der Waals surface area contributed by atoms with Crippen molar-refractivity contribution < 1.29 is 24.2 Å². The summed E-state index contributed by atoms with van der Waals surface area (Å²) >= 11 is 0. The van der Waals surface area contributed by atoms with Gasteiger partial charge < -0.3 is 19.4 Å². The van der Waals surface area contributed by atoms with Gasteiger partial charge in [-0.05, 0) is 63.4 Å². The van der Waals surface area contributed by atoms with Crippen molar-refractivity contribution >= 4 is 23.4 Å². The third kappa shape index (κ3) is 2.86. The van der Waals surface area contributed by atoms with Crippen LogP contribution in [0.3, 0.4) is 0 Å². The largest absolute Gasteiger partial charge is 0.544 e. The van der Waals surface area contributed by atoms with Gasteiger partial charge in [-0.25, -0.2) is 4.79 Å². The summed E-state index contributed by atoms with van der Waals surface area (Å²) < 4.78 is 10.4. The van der Waals surface area contributed by atoms with Gasteiger partial charge in [-0.2, -0.15) is 9.48 Å². The van der Waals surface area contributed by atoms with E-state index >= 15 is 0 Å². The molecule has 2 amide bonds. The first kappa shape index (κ1) is 20.8. The van der Waals surface area contributed by atoms with Crippen molar-refractivity contribution in [3.8, 4) is 11.5 Å². The highest BCUT2D eigenvalue weighted by Gasteiger charge is 2.54. The lowest BCUT2D eigenvalue weighted by Crippen LogP contribution is -2.70. The zero-order chi connectivity index (χ0) is 21.8. The van der Waals surface area contributed by atoms with Crippen LogP contribution in [-0.4, -0.2) is 44.5 Å². The number of quaternary nitrogens is 1. The number of methoxy groups -OCH3 is 2. The van der Waals surface area contributed by atoms with Crippen LogP contribution < -0.4 is 19.1 Å². The lowest BCUT2D eigenvalue weighted by Gasteiger charge is -2.46. The molecule has 1 aromatic rings. The molecule has 7 nitrogen and oxygen atoms in total. The molecule has 7 heteroatoms. The number of likely N-dealkylation sites (N-methyl/N-ethyl adjacent to an activating group) is 1. The number of carboxylic acid groups (broad SMARTS) is 1. The van der Waals surface area contributed by atoms with Crippen LogP contribution >= 0.6 is 0 Å². The van der Waals surface area contributed by atoms with Crippen LogP contribution in [0.1, 0.15) is 51.5 Å². The van der Waals surface area contributed by atoms with E-state index in [9.17, 15) is 14.7 Å². The van der Waals surface area contributed by atoms with E-state index in [2.05, 4.69) is 4.99 Å². The van der Waals surface area contributed by atoms with Gasteiger partial charge in [0.25, 0.3) is 0 Å². The van der Waals surface area contributed by atoms with E-state index in [4.69, 9.17) is 9.47 Å². The molecule has 2 fully saturated rings. The molecule has 3 aliphatic rings. The van der Waals surface area contributed by atoms with Gasteiger partial charge in [-0.3, -0.25) is 0 Å². The SMILES string of the molecule is COc1cc2c(cc1OC)[N+](C)(C(C)(C)C(=O)[O-])C(=O)N=C2CC1CC2CCC1C2. The molecule has 2 saturated carbocycles. The fraction of sp³-hybridized carbons (Fsp3) is 0.609. The summed E-state index contributed by atoms with van der Waals surface area (Å²) in [4.78, 5) is 29.8. The number of carbonyl (C=O) groups is 2. The van der Waals surface area contributed by atoms with Crippen LogP contribution in [0.5, 0.6) is 11.5 Å². The summed E-state index contributed by atoms with van der Waals surface area (Å²) in [7, 11) is 4.66. The van der Waals surface area contributed by atoms with E-state index in [1.807, 2.05) is 6.07 Å². The van der Waals surface area contributed by atoms with Gasteiger partial charge in [0, 0.05) is 6.07 Å². The molecular formula is C23H30N2O5.